The highest BCUT2D eigenvalue weighted by molar-refractivity contribution is 5.87. The summed E-state index contributed by atoms with van der Waals surface area (Å²) in [6.07, 6.45) is 7.07. The van der Waals surface area contributed by atoms with E-state index in [1.807, 2.05) is 18.5 Å². The first kappa shape index (κ1) is 24.1. The standard InChI is InChI=1S/C28H33N9/c1-19(33-25(16-29)15-28(30)37-11-9-36(2)10-12-37)26-13-21-5-8-24(14-27(21)35-26)34-23-6-3-20(4-7-23)22-17-31-32-18-22/h3-8,13-18,33-35H,1,9-12,29-30H2,2H3,(H,31,32)/b25-16+,28-15+. The second-order valence-electron chi connectivity index (χ2n) is 9.26. The molecule has 5 rings (SSSR count). The zero-order chi connectivity index (χ0) is 25.8. The molecule has 0 unspecified atom stereocenters. The van der Waals surface area contributed by atoms with E-state index < -0.39 is 0 Å². The van der Waals surface area contributed by atoms with Crippen LogP contribution in [-0.4, -0.2) is 58.2 Å². The SMILES string of the molecule is C=C(NC(=C/N)/C=C(\N)N1CCN(C)CC1)c1cc2ccc(Nc3ccc(-c4cn[nH]c4)cc3)cc2[nH]1. The molecule has 9 nitrogen and oxygen atoms in total. The smallest absolute Gasteiger partial charge is 0.101 e. The summed E-state index contributed by atoms with van der Waals surface area (Å²) in [6, 6.07) is 16.5. The average Bonchev–Trinajstić information content (AvgIpc) is 3.59. The van der Waals surface area contributed by atoms with Crippen molar-refractivity contribution in [2.75, 3.05) is 38.5 Å². The Balaban J connectivity index is 1.25. The van der Waals surface area contributed by atoms with E-state index in [0.29, 0.717) is 17.2 Å². The summed E-state index contributed by atoms with van der Waals surface area (Å²) in [5, 5.41) is 14.7. The van der Waals surface area contributed by atoms with Crippen LogP contribution in [0.5, 0.6) is 0 Å². The number of hydrogen-bond donors (Lipinski definition) is 6. The van der Waals surface area contributed by atoms with E-state index in [0.717, 1.165) is 65.3 Å². The van der Waals surface area contributed by atoms with E-state index in [9.17, 15) is 0 Å². The van der Waals surface area contributed by atoms with Gasteiger partial charge in [0.2, 0.25) is 0 Å². The lowest BCUT2D eigenvalue weighted by Gasteiger charge is -2.34. The first-order valence-corrected chi connectivity index (χ1v) is 12.3. The summed E-state index contributed by atoms with van der Waals surface area (Å²) in [5.74, 6) is 0.690. The Kier molecular flexibility index (Phi) is 6.87. The maximum Gasteiger partial charge on any atom is 0.101 e. The van der Waals surface area contributed by atoms with Crippen LogP contribution in [0.15, 0.2) is 91.3 Å². The number of piperazine rings is 1. The van der Waals surface area contributed by atoms with Gasteiger partial charge in [-0.25, -0.2) is 0 Å². The molecule has 1 saturated heterocycles. The molecule has 0 atom stereocenters. The zero-order valence-electron chi connectivity index (χ0n) is 21.0. The number of nitrogens with one attached hydrogen (secondary N) is 4. The van der Waals surface area contributed by atoms with Crippen molar-refractivity contribution >= 4 is 28.0 Å². The van der Waals surface area contributed by atoms with Crippen molar-refractivity contribution in [1.29, 1.82) is 0 Å². The zero-order valence-corrected chi connectivity index (χ0v) is 21.0. The molecule has 1 aliphatic rings. The third-order valence-corrected chi connectivity index (χ3v) is 6.60. The van der Waals surface area contributed by atoms with Gasteiger partial charge >= 0.3 is 0 Å². The highest BCUT2D eigenvalue weighted by Gasteiger charge is 2.15. The van der Waals surface area contributed by atoms with Gasteiger partial charge in [-0.15, -0.1) is 0 Å². The third-order valence-electron chi connectivity index (χ3n) is 6.60. The lowest BCUT2D eigenvalue weighted by Crippen LogP contribution is -2.45. The summed E-state index contributed by atoms with van der Waals surface area (Å²) in [7, 11) is 2.12. The second-order valence-corrected chi connectivity index (χ2v) is 9.26. The van der Waals surface area contributed by atoms with E-state index in [1.165, 1.54) is 6.20 Å². The van der Waals surface area contributed by atoms with Gasteiger partial charge in [0.15, 0.2) is 0 Å². The predicted octanol–water partition coefficient (Wildman–Crippen LogP) is 3.71. The van der Waals surface area contributed by atoms with Crippen LogP contribution < -0.4 is 22.1 Å². The minimum Gasteiger partial charge on any atom is -0.403 e. The first-order valence-electron chi connectivity index (χ1n) is 12.3. The van der Waals surface area contributed by atoms with Gasteiger partial charge in [-0.1, -0.05) is 24.8 Å². The highest BCUT2D eigenvalue weighted by atomic mass is 15.3. The number of nitrogens with zero attached hydrogens (tertiary/aromatic N) is 3. The van der Waals surface area contributed by atoms with Gasteiger partial charge in [0, 0.05) is 72.5 Å². The molecule has 190 valence electrons. The summed E-state index contributed by atoms with van der Waals surface area (Å²) >= 11 is 0. The lowest BCUT2D eigenvalue weighted by atomic mass is 10.1. The van der Waals surface area contributed by atoms with Gasteiger partial charge in [-0.05, 0) is 42.9 Å². The Morgan fingerprint density at radius 2 is 1.78 bits per heavy atom. The van der Waals surface area contributed by atoms with Gasteiger partial charge in [0.1, 0.15) is 5.82 Å². The highest BCUT2D eigenvalue weighted by Crippen LogP contribution is 2.26. The van der Waals surface area contributed by atoms with E-state index in [2.05, 4.69) is 97.8 Å². The van der Waals surface area contributed by atoms with Gasteiger partial charge in [0.05, 0.1) is 23.3 Å². The van der Waals surface area contributed by atoms with Crippen LogP contribution in [-0.2, 0) is 0 Å². The number of aromatic amines is 2. The number of likely N-dealkylation sites (N-methyl/N-ethyl adjacent to an activating group) is 1. The van der Waals surface area contributed by atoms with Gasteiger partial charge < -0.3 is 36.9 Å². The Hall–Kier alpha value is -4.63. The molecule has 2 aromatic carbocycles. The Labute approximate surface area is 216 Å². The molecule has 4 aromatic rings. The maximum atomic E-state index is 6.34. The Bertz CT molecular complexity index is 1420. The third kappa shape index (κ3) is 5.62. The molecule has 0 spiro atoms. The number of aromatic nitrogens is 3. The van der Waals surface area contributed by atoms with E-state index >= 15 is 0 Å². The van der Waals surface area contributed by atoms with Crippen LogP contribution >= 0.6 is 0 Å². The molecule has 9 heteroatoms. The summed E-state index contributed by atoms with van der Waals surface area (Å²) < 4.78 is 0. The van der Waals surface area contributed by atoms with Crippen molar-refractivity contribution in [3.8, 4) is 11.1 Å². The van der Waals surface area contributed by atoms with Crippen molar-refractivity contribution < 1.29 is 0 Å². The molecular weight excluding hydrogens is 462 g/mol. The number of allylic oxidation sites excluding steroid dienone is 1. The topological polar surface area (TPSA) is 127 Å². The first-order chi connectivity index (χ1) is 18.0. The van der Waals surface area contributed by atoms with Crippen molar-refractivity contribution in [1.82, 2.24) is 30.3 Å². The monoisotopic (exact) mass is 495 g/mol. The number of anilines is 2. The average molecular weight is 496 g/mol. The lowest BCUT2D eigenvalue weighted by molar-refractivity contribution is 0.185. The van der Waals surface area contributed by atoms with E-state index in [1.54, 1.807) is 0 Å². The summed E-state index contributed by atoms with van der Waals surface area (Å²) in [6.45, 7) is 7.96. The number of hydrogen-bond acceptors (Lipinski definition) is 7. The Morgan fingerprint density at radius 3 is 2.49 bits per heavy atom. The largest absolute Gasteiger partial charge is 0.403 e. The van der Waals surface area contributed by atoms with Crippen molar-refractivity contribution in [2.24, 2.45) is 11.5 Å². The van der Waals surface area contributed by atoms with Crippen molar-refractivity contribution in [2.45, 2.75) is 0 Å². The van der Waals surface area contributed by atoms with Gasteiger partial charge in [0.25, 0.3) is 0 Å². The van der Waals surface area contributed by atoms with E-state index in [4.69, 9.17) is 11.5 Å². The number of benzene rings is 2. The normalized spacial score (nSPS) is 15.2. The van der Waals surface area contributed by atoms with Gasteiger partial charge in [-0.2, -0.15) is 5.10 Å². The van der Waals surface area contributed by atoms with Crippen LogP contribution in [0, 0.1) is 0 Å². The number of H-pyrrole nitrogens is 2. The molecule has 3 heterocycles. The molecule has 0 bridgehead atoms. The number of rotatable bonds is 8. The van der Waals surface area contributed by atoms with Crippen LogP contribution in [0.25, 0.3) is 27.7 Å². The van der Waals surface area contributed by atoms with Crippen LogP contribution in [0.4, 0.5) is 11.4 Å². The molecule has 0 amide bonds. The predicted molar refractivity (Wildman–Crippen MR) is 151 cm³/mol. The molecule has 1 aliphatic heterocycles. The Morgan fingerprint density at radius 1 is 1.03 bits per heavy atom. The van der Waals surface area contributed by atoms with Gasteiger partial charge in [-0.3, -0.25) is 5.10 Å². The molecular formula is C28H33N9. The summed E-state index contributed by atoms with van der Waals surface area (Å²) in [5.41, 5.74) is 19.7. The molecule has 0 aliphatic carbocycles. The molecule has 1 fully saturated rings. The van der Waals surface area contributed by atoms with E-state index in [-0.39, 0.29) is 0 Å². The van der Waals surface area contributed by atoms with Crippen LogP contribution in [0.1, 0.15) is 5.69 Å². The fourth-order valence-corrected chi connectivity index (χ4v) is 4.37. The van der Waals surface area contributed by atoms with Crippen molar-refractivity contribution in [3.05, 3.63) is 97.0 Å². The van der Waals surface area contributed by atoms with Crippen LogP contribution in [0.3, 0.4) is 0 Å². The second kappa shape index (κ2) is 10.5. The fourth-order valence-electron chi connectivity index (χ4n) is 4.37. The van der Waals surface area contributed by atoms with Crippen LogP contribution in [0.2, 0.25) is 0 Å². The molecule has 2 aromatic heterocycles. The summed E-state index contributed by atoms with van der Waals surface area (Å²) in [4.78, 5) is 7.91. The maximum absolute atomic E-state index is 6.34. The number of nitrogens with two attached hydrogens (primary N) is 2. The minimum atomic E-state index is 0.690. The fraction of sp³-hybridized carbons (Fsp3) is 0.179. The molecule has 8 N–H and O–H groups in total. The quantitative estimate of drug-likeness (QED) is 0.206. The molecule has 0 radical (unpaired) electrons. The molecule has 37 heavy (non-hydrogen) atoms. The number of fused-ring (bicyclic) bond motifs is 1. The minimum absolute atomic E-state index is 0.690. The van der Waals surface area contributed by atoms with Crippen molar-refractivity contribution in [3.63, 3.8) is 0 Å². The molecule has 0 saturated carbocycles.